The van der Waals surface area contributed by atoms with Crippen LogP contribution < -0.4 is 5.32 Å². The van der Waals surface area contributed by atoms with Crippen molar-refractivity contribution in [3.63, 3.8) is 0 Å². The molecule has 3 aromatic rings. The molecule has 31 heavy (non-hydrogen) atoms. The van der Waals surface area contributed by atoms with Gasteiger partial charge in [0.15, 0.2) is 0 Å². The number of para-hydroxylation sites is 1. The number of nitrogens with one attached hydrogen (secondary N) is 2. The number of benzene rings is 2. The number of hydrogen-bond donors (Lipinski definition) is 2. The first-order chi connectivity index (χ1) is 14.7. The predicted octanol–water partition coefficient (Wildman–Crippen LogP) is 4.02. The summed E-state index contributed by atoms with van der Waals surface area (Å²) < 4.78 is 51.2. The first-order valence-corrected chi connectivity index (χ1v) is 9.46. The maximum Gasteiger partial charge on any atom is 0.405 e. The number of fused-ring (bicyclic) bond motifs is 3. The SMILES string of the molecule is O=C(NCC(F)(F)F)C1=CN(C(=O)c2ccc(F)cc2)CCc2c1[nH]c1ccccc21. The molecule has 9 heteroatoms. The average molecular weight is 431 g/mol. The quantitative estimate of drug-likeness (QED) is 0.616. The van der Waals surface area contributed by atoms with Gasteiger partial charge in [-0.05, 0) is 42.3 Å². The highest BCUT2D eigenvalue weighted by atomic mass is 19.4. The number of aromatic amines is 1. The van der Waals surface area contributed by atoms with Gasteiger partial charge in [0, 0.05) is 29.2 Å². The number of alkyl halides is 3. The highest BCUT2D eigenvalue weighted by molar-refractivity contribution is 6.21. The van der Waals surface area contributed by atoms with Crippen LogP contribution in [0, 0.1) is 5.82 Å². The lowest BCUT2D eigenvalue weighted by Crippen LogP contribution is -2.35. The summed E-state index contributed by atoms with van der Waals surface area (Å²) in [6.07, 6.45) is -2.95. The fourth-order valence-electron chi connectivity index (χ4n) is 3.57. The molecule has 2 heterocycles. The minimum Gasteiger partial charge on any atom is -0.354 e. The number of rotatable bonds is 3. The molecule has 0 atom stereocenters. The molecule has 0 spiro atoms. The maximum absolute atomic E-state index is 13.2. The molecule has 0 saturated heterocycles. The zero-order valence-electron chi connectivity index (χ0n) is 16.1. The van der Waals surface area contributed by atoms with Gasteiger partial charge >= 0.3 is 6.18 Å². The van der Waals surface area contributed by atoms with Crippen molar-refractivity contribution in [1.82, 2.24) is 15.2 Å². The fraction of sp³-hybridized carbons (Fsp3) is 0.182. The lowest BCUT2D eigenvalue weighted by atomic mass is 10.0. The topological polar surface area (TPSA) is 65.2 Å². The smallest absolute Gasteiger partial charge is 0.354 e. The van der Waals surface area contributed by atoms with Gasteiger partial charge in [0.1, 0.15) is 12.4 Å². The Morgan fingerprint density at radius 2 is 1.77 bits per heavy atom. The third-order valence-electron chi connectivity index (χ3n) is 5.02. The van der Waals surface area contributed by atoms with E-state index in [1.807, 2.05) is 17.4 Å². The minimum absolute atomic E-state index is 0.0802. The van der Waals surface area contributed by atoms with Gasteiger partial charge in [-0.15, -0.1) is 0 Å². The number of carbonyl (C=O) groups excluding carboxylic acids is 2. The number of aromatic nitrogens is 1. The molecule has 0 aliphatic carbocycles. The van der Waals surface area contributed by atoms with Crippen LogP contribution in [0.5, 0.6) is 0 Å². The lowest BCUT2D eigenvalue weighted by Gasteiger charge is -2.18. The van der Waals surface area contributed by atoms with Crippen molar-refractivity contribution in [2.75, 3.05) is 13.1 Å². The zero-order chi connectivity index (χ0) is 22.2. The van der Waals surface area contributed by atoms with E-state index in [1.165, 1.54) is 23.2 Å². The van der Waals surface area contributed by atoms with Crippen LogP contribution in [0.3, 0.4) is 0 Å². The molecule has 0 unspecified atom stereocenters. The third-order valence-corrected chi connectivity index (χ3v) is 5.02. The van der Waals surface area contributed by atoms with Crippen molar-refractivity contribution in [3.8, 4) is 0 Å². The van der Waals surface area contributed by atoms with Crippen molar-refractivity contribution in [2.45, 2.75) is 12.6 Å². The molecule has 1 aromatic heterocycles. The van der Waals surface area contributed by atoms with Crippen LogP contribution in [0.15, 0.2) is 54.7 Å². The molecule has 4 rings (SSSR count). The van der Waals surface area contributed by atoms with E-state index in [-0.39, 0.29) is 17.7 Å². The molecule has 0 radical (unpaired) electrons. The van der Waals surface area contributed by atoms with Crippen LogP contribution in [-0.2, 0) is 11.2 Å². The molecular formula is C22H17F4N3O2. The van der Waals surface area contributed by atoms with Gasteiger partial charge in [-0.1, -0.05) is 18.2 Å². The Bertz CT molecular complexity index is 1180. The number of carbonyl (C=O) groups is 2. The summed E-state index contributed by atoms with van der Waals surface area (Å²) in [5.74, 6) is -1.95. The molecule has 5 nitrogen and oxygen atoms in total. The Morgan fingerprint density at radius 3 is 2.48 bits per heavy atom. The van der Waals surface area contributed by atoms with Crippen LogP contribution in [0.2, 0.25) is 0 Å². The first-order valence-electron chi connectivity index (χ1n) is 9.46. The van der Waals surface area contributed by atoms with Gasteiger partial charge in [-0.2, -0.15) is 13.2 Å². The number of hydrogen-bond acceptors (Lipinski definition) is 2. The van der Waals surface area contributed by atoms with E-state index in [4.69, 9.17) is 0 Å². The third kappa shape index (κ3) is 4.30. The van der Waals surface area contributed by atoms with Gasteiger partial charge in [0.25, 0.3) is 11.8 Å². The Balaban J connectivity index is 1.75. The standard InChI is InChI=1S/C22H17F4N3O2/c23-14-7-5-13(6-8-14)21(31)29-10-9-16-15-3-1-2-4-18(15)28-19(16)17(11-29)20(30)27-12-22(24,25)26/h1-8,11,28H,9-10,12H2,(H,27,30). The Hall–Kier alpha value is -3.62. The summed E-state index contributed by atoms with van der Waals surface area (Å²) in [4.78, 5) is 30.0. The minimum atomic E-state index is -4.58. The van der Waals surface area contributed by atoms with Gasteiger partial charge in [-0.3, -0.25) is 9.59 Å². The molecule has 2 aromatic carbocycles. The van der Waals surface area contributed by atoms with Gasteiger partial charge < -0.3 is 15.2 Å². The number of amides is 2. The van der Waals surface area contributed by atoms with E-state index < -0.39 is 30.4 Å². The maximum atomic E-state index is 13.2. The summed E-state index contributed by atoms with van der Waals surface area (Å²) in [5, 5.41) is 2.69. The van der Waals surface area contributed by atoms with E-state index >= 15 is 0 Å². The summed E-state index contributed by atoms with van der Waals surface area (Å²) >= 11 is 0. The van der Waals surface area contributed by atoms with E-state index in [2.05, 4.69) is 4.98 Å². The van der Waals surface area contributed by atoms with Crippen molar-refractivity contribution in [3.05, 3.63) is 77.4 Å². The van der Waals surface area contributed by atoms with Crippen LogP contribution in [0.4, 0.5) is 17.6 Å². The van der Waals surface area contributed by atoms with Gasteiger partial charge in [0.05, 0.1) is 11.3 Å². The lowest BCUT2D eigenvalue weighted by molar-refractivity contribution is -0.135. The molecule has 160 valence electrons. The molecule has 1 aliphatic heterocycles. The zero-order valence-corrected chi connectivity index (χ0v) is 16.1. The second-order valence-corrected chi connectivity index (χ2v) is 7.12. The van der Waals surface area contributed by atoms with E-state index in [1.54, 1.807) is 12.1 Å². The van der Waals surface area contributed by atoms with Crippen LogP contribution in [-0.4, -0.2) is 41.0 Å². The number of nitrogens with zero attached hydrogens (tertiary/aromatic N) is 1. The fourth-order valence-corrected chi connectivity index (χ4v) is 3.57. The molecule has 0 bridgehead atoms. The largest absolute Gasteiger partial charge is 0.405 e. The average Bonchev–Trinajstić information content (AvgIpc) is 2.99. The van der Waals surface area contributed by atoms with Crippen LogP contribution >= 0.6 is 0 Å². The summed E-state index contributed by atoms with van der Waals surface area (Å²) in [5.41, 5.74) is 1.96. The molecule has 2 amide bonds. The molecular weight excluding hydrogens is 414 g/mol. The molecule has 0 fully saturated rings. The Labute approximate surface area is 174 Å². The highest BCUT2D eigenvalue weighted by Crippen LogP contribution is 2.31. The number of H-pyrrole nitrogens is 1. The summed E-state index contributed by atoms with van der Waals surface area (Å²) in [6, 6.07) is 12.2. The molecule has 0 saturated carbocycles. The number of halogens is 4. The van der Waals surface area contributed by atoms with Gasteiger partial charge in [-0.25, -0.2) is 4.39 Å². The molecule has 2 N–H and O–H groups in total. The second-order valence-electron chi connectivity index (χ2n) is 7.12. The van der Waals surface area contributed by atoms with Crippen LogP contribution in [0.25, 0.3) is 16.5 Å². The summed E-state index contributed by atoms with van der Waals surface area (Å²) in [7, 11) is 0. The van der Waals surface area contributed by atoms with E-state index in [0.29, 0.717) is 12.1 Å². The molecule has 1 aliphatic rings. The van der Waals surface area contributed by atoms with Crippen molar-refractivity contribution < 1.29 is 27.2 Å². The second kappa shape index (κ2) is 7.90. The Kier molecular flexibility index (Phi) is 5.26. The predicted molar refractivity (Wildman–Crippen MR) is 106 cm³/mol. The van der Waals surface area contributed by atoms with Crippen molar-refractivity contribution in [2.24, 2.45) is 0 Å². The highest BCUT2D eigenvalue weighted by Gasteiger charge is 2.31. The van der Waals surface area contributed by atoms with Gasteiger partial charge in [0.2, 0.25) is 0 Å². The summed E-state index contributed by atoms with van der Waals surface area (Å²) in [6.45, 7) is -1.30. The van der Waals surface area contributed by atoms with E-state index in [9.17, 15) is 27.2 Å². The first kappa shape index (κ1) is 20.6. The monoisotopic (exact) mass is 431 g/mol. The van der Waals surface area contributed by atoms with Crippen molar-refractivity contribution >= 4 is 28.3 Å². The normalized spacial score (nSPS) is 14.1. The Morgan fingerprint density at radius 1 is 1.06 bits per heavy atom. The van der Waals surface area contributed by atoms with Crippen molar-refractivity contribution in [1.29, 1.82) is 0 Å². The van der Waals surface area contributed by atoms with Crippen LogP contribution in [0.1, 0.15) is 21.6 Å². The van der Waals surface area contributed by atoms with E-state index in [0.717, 1.165) is 28.6 Å².